The van der Waals surface area contributed by atoms with Crippen LogP contribution in [0.5, 0.6) is 0 Å². The number of fused-ring (bicyclic) bond motifs is 1. The molecule has 0 bridgehead atoms. The van der Waals surface area contributed by atoms with Gasteiger partial charge in [-0.25, -0.2) is 4.79 Å². The lowest BCUT2D eigenvalue weighted by Crippen LogP contribution is -2.45. The Labute approximate surface area is 222 Å². The second kappa shape index (κ2) is 10.9. The van der Waals surface area contributed by atoms with E-state index in [1.807, 2.05) is 36.4 Å². The number of carbonyl (C=O) groups is 2. The van der Waals surface area contributed by atoms with Crippen molar-refractivity contribution in [3.8, 4) is 0 Å². The topological polar surface area (TPSA) is 96.9 Å². The Hall–Kier alpha value is -4.44. The van der Waals surface area contributed by atoms with Gasteiger partial charge in [0.15, 0.2) is 5.82 Å². The van der Waals surface area contributed by atoms with Gasteiger partial charge in [-0.15, -0.1) is 10.2 Å². The minimum absolute atomic E-state index is 0.155. The molecular weight excluding hydrogens is 480 g/mol. The largest absolute Gasteiger partial charge is 0.369 e. The van der Waals surface area contributed by atoms with E-state index in [0.29, 0.717) is 36.0 Å². The molecule has 1 saturated heterocycles. The number of nitrogens with one attached hydrogen (secondary N) is 2. The molecule has 196 valence electrons. The van der Waals surface area contributed by atoms with Crippen molar-refractivity contribution in [1.29, 1.82) is 0 Å². The molecule has 2 N–H and O–H groups in total. The highest BCUT2D eigenvalue weighted by Gasteiger charge is 2.30. The Morgan fingerprint density at radius 3 is 2.50 bits per heavy atom. The van der Waals surface area contributed by atoms with Crippen molar-refractivity contribution in [2.45, 2.75) is 13.1 Å². The number of para-hydroxylation sites is 1. The summed E-state index contributed by atoms with van der Waals surface area (Å²) in [5.41, 5.74) is 4.99. The normalized spacial score (nSPS) is 15.7. The van der Waals surface area contributed by atoms with E-state index >= 15 is 0 Å². The first-order chi connectivity index (χ1) is 18.4. The van der Waals surface area contributed by atoms with Gasteiger partial charge < -0.3 is 25.3 Å². The lowest BCUT2D eigenvalue weighted by atomic mass is 10.1. The van der Waals surface area contributed by atoms with Crippen LogP contribution in [0.3, 0.4) is 0 Å². The Morgan fingerprint density at radius 2 is 1.76 bits per heavy atom. The van der Waals surface area contributed by atoms with Crippen LogP contribution in [0.25, 0.3) is 0 Å². The molecule has 0 spiro atoms. The van der Waals surface area contributed by atoms with E-state index in [1.54, 1.807) is 22.9 Å². The molecule has 3 amide bonds. The first-order valence-electron chi connectivity index (χ1n) is 12.6. The summed E-state index contributed by atoms with van der Waals surface area (Å²) in [7, 11) is 3.88. The van der Waals surface area contributed by atoms with Crippen molar-refractivity contribution in [3.05, 3.63) is 78.5 Å². The number of urea groups is 1. The SMILES string of the molecule is C=CC(=O)Nc1ccccc1CN1Cc2nnc(Nc3ccc(N4CCN(C)CC4)cc3)cc2N(C)C1=O. The van der Waals surface area contributed by atoms with Gasteiger partial charge in [0, 0.05) is 62.9 Å². The van der Waals surface area contributed by atoms with Crippen LogP contribution in [0.2, 0.25) is 0 Å². The summed E-state index contributed by atoms with van der Waals surface area (Å²) in [5, 5.41) is 14.9. The molecule has 10 nitrogen and oxygen atoms in total. The van der Waals surface area contributed by atoms with Crippen LogP contribution in [0, 0.1) is 0 Å². The number of amides is 3. The molecule has 0 aliphatic carbocycles. The maximum absolute atomic E-state index is 13.2. The second-order valence-electron chi connectivity index (χ2n) is 9.57. The molecule has 1 aromatic heterocycles. The molecule has 10 heteroatoms. The standard InChI is InChI=1S/C28H32N8O2/c1-4-27(37)30-23-8-6-5-7-20(23)18-36-19-24-25(34(3)28(36)38)17-26(32-31-24)29-21-9-11-22(12-10-21)35-15-13-33(2)14-16-35/h4-12,17H,1,13-16,18-19H2,2-3H3,(H,29,32)(H,30,37). The summed E-state index contributed by atoms with van der Waals surface area (Å²) >= 11 is 0. The van der Waals surface area contributed by atoms with Crippen molar-refractivity contribution in [2.24, 2.45) is 0 Å². The molecule has 5 rings (SSSR count). The highest BCUT2D eigenvalue weighted by molar-refractivity contribution is 5.99. The van der Waals surface area contributed by atoms with Crippen LogP contribution in [0.1, 0.15) is 11.3 Å². The van der Waals surface area contributed by atoms with Gasteiger partial charge in [0.05, 0.1) is 12.2 Å². The third kappa shape index (κ3) is 5.45. The van der Waals surface area contributed by atoms with Crippen LogP contribution in [-0.2, 0) is 17.9 Å². The van der Waals surface area contributed by atoms with E-state index in [9.17, 15) is 9.59 Å². The van der Waals surface area contributed by atoms with Crippen LogP contribution < -0.4 is 20.4 Å². The van der Waals surface area contributed by atoms with E-state index in [1.165, 1.54) is 11.8 Å². The smallest absolute Gasteiger partial charge is 0.324 e. The Balaban J connectivity index is 1.28. The van der Waals surface area contributed by atoms with Gasteiger partial charge in [0.25, 0.3) is 0 Å². The summed E-state index contributed by atoms with van der Waals surface area (Å²) in [6.07, 6.45) is 1.22. The fourth-order valence-electron chi connectivity index (χ4n) is 4.70. The predicted octanol–water partition coefficient (Wildman–Crippen LogP) is 3.67. The van der Waals surface area contributed by atoms with Gasteiger partial charge in [0.1, 0.15) is 5.69 Å². The third-order valence-electron chi connectivity index (χ3n) is 6.94. The molecule has 1 fully saturated rings. The molecule has 3 heterocycles. The van der Waals surface area contributed by atoms with Crippen LogP contribution >= 0.6 is 0 Å². The lowest BCUT2D eigenvalue weighted by Gasteiger charge is -2.34. The second-order valence-corrected chi connectivity index (χ2v) is 9.57. The number of carbonyl (C=O) groups excluding carboxylic acids is 2. The number of aromatic nitrogens is 2. The number of rotatable bonds is 7. The quantitative estimate of drug-likeness (QED) is 0.466. The Morgan fingerprint density at radius 1 is 1.03 bits per heavy atom. The van der Waals surface area contributed by atoms with Crippen LogP contribution in [-0.4, -0.2) is 72.2 Å². The fraction of sp³-hybridized carbons (Fsp3) is 0.286. The van der Waals surface area contributed by atoms with Crippen molar-refractivity contribution < 1.29 is 9.59 Å². The molecule has 0 atom stereocenters. The van der Waals surface area contributed by atoms with E-state index in [-0.39, 0.29) is 11.9 Å². The van der Waals surface area contributed by atoms with Gasteiger partial charge in [-0.05, 0) is 49.0 Å². The Bertz CT molecular complexity index is 1330. The molecule has 0 radical (unpaired) electrons. The average molecular weight is 513 g/mol. The molecule has 2 aromatic carbocycles. The van der Waals surface area contributed by atoms with Crippen molar-refractivity contribution in [1.82, 2.24) is 20.0 Å². The summed E-state index contributed by atoms with van der Waals surface area (Å²) < 4.78 is 0. The summed E-state index contributed by atoms with van der Waals surface area (Å²) in [4.78, 5) is 33.0. The van der Waals surface area contributed by atoms with Crippen molar-refractivity contribution in [2.75, 3.05) is 60.7 Å². The highest BCUT2D eigenvalue weighted by Crippen LogP contribution is 2.30. The zero-order valence-corrected chi connectivity index (χ0v) is 21.7. The maximum Gasteiger partial charge on any atom is 0.324 e. The van der Waals surface area contributed by atoms with Crippen molar-refractivity contribution in [3.63, 3.8) is 0 Å². The van der Waals surface area contributed by atoms with E-state index < -0.39 is 0 Å². The number of hydrogen-bond donors (Lipinski definition) is 2. The predicted molar refractivity (Wildman–Crippen MR) is 150 cm³/mol. The summed E-state index contributed by atoms with van der Waals surface area (Å²) in [6, 6.07) is 17.4. The van der Waals surface area contributed by atoms with E-state index in [4.69, 9.17) is 0 Å². The maximum atomic E-state index is 13.2. The van der Waals surface area contributed by atoms with Crippen LogP contribution in [0.4, 0.5) is 33.4 Å². The van der Waals surface area contributed by atoms with Gasteiger partial charge in [0.2, 0.25) is 5.91 Å². The minimum Gasteiger partial charge on any atom is -0.369 e. The van der Waals surface area contributed by atoms with E-state index in [0.717, 1.165) is 37.4 Å². The number of benzene rings is 2. The van der Waals surface area contributed by atoms with Gasteiger partial charge in [-0.1, -0.05) is 24.8 Å². The molecule has 3 aromatic rings. The van der Waals surface area contributed by atoms with E-state index in [2.05, 4.69) is 56.4 Å². The number of anilines is 5. The fourth-order valence-corrected chi connectivity index (χ4v) is 4.70. The van der Waals surface area contributed by atoms with Gasteiger partial charge in [-0.2, -0.15) is 0 Å². The number of piperazine rings is 1. The Kier molecular flexibility index (Phi) is 7.23. The molecule has 0 saturated carbocycles. The van der Waals surface area contributed by atoms with Gasteiger partial charge in [-0.3, -0.25) is 9.69 Å². The molecule has 2 aliphatic rings. The zero-order chi connectivity index (χ0) is 26.6. The first kappa shape index (κ1) is 25.2. The zero-order valence-electron chi connectivity index (χ0n) is 21.7. The minimum atomic E-state index is -0.301. The summed E-state index contributed by atoms with van der Waals surface area (Å²) in [5.74, 6) is 0.270. The molecular formula is C28H32N8O2. The number of nitrogens with zero attached hydrogens (tertiary/aromatic N) is 6. The molecule has 2 aliphatic heterocycles. The monoisotopic (exact) mass is 512 g/mol. The molecule has 38 heavy (non-hydrogen) atoms. The highest BCUT2D eigenvalue weighted by atomic mass is 16.2. The summed E-state index contributed by atoms with van der Waals surface area (Å²) in [6.45, 7) is 8.30. The lowest BCUT2D eigenvalue weighted by molar-refractivity contribution is -0.111. The number of hydrogen-bond acceptors (Lipinski definition) is 7. The first-order valence-corrected chi connectivity index (χ1v) is 12.6. The average Bonchev–Trinajstić information content (AvgIpc) is 2.94. The molecule has 0 unspecified atom stereocenters. The van der Waals surface area contributed by atoms with Crippen molar-refractivity contribution >= 4 is 40.5 Å². The van der Waals surface area contributed by atoms with Crippen LogP contribution in [0.15, 0.2) is 67.3 Å². The third-order valence-corrected chi connectivity index (χ3v) is 6.94. The number of likely N-dealkylation sites (N-methyl/N-ethyl adjacent to an activating group) is 1. The van der Waals surface area contributed by atoms with Gasteiger partial charge >= 0.3 is 6.03 Å².